The lowest BCUT2D eigenvalue weighted by atomic mass is 10.1. The summed E-state index contributed by atoms with van der Waals surface area (Å²) in [5.41, 5.74) is 0.664. The summed E-state index contributed by atoms with van der Waals surface area (Å²) in [4.78, 5) is 50.4. The van der Waals surface area contributed by atoms with E-state index in [-0.39, 0.29) is 33.9 Å². The zero-order valence-corrected chi connectivity index (χ0v) is 18.0. The number of amides is 3. The number of ether oxygens (including phenoxy) is 2. The van der Waals surface area contributed by atoms with E-state index in [1.165, 1.54) is 37.4 Å². The smallest absolute Gasteiger partial charge is 0.338 e. The van der Waals surface area contributed by atoms with Crippen LogP contribution in [0.5, 0.6) is 0 Å². The van der Waals surface area contributed by atoms with E-state index >= 15 is 0 Å². The highest BCUT2D eigenvalue weighted by atomic mass is 35.5. The van der Waals surface area contributed by atoms with Crippen molar-refractivity contribution in [1.82, 2.24) is 4.90 Å². The molecule has 1 aliphatic rings. The Labute approximate surface area is 188 Å². The van der Waals surface area contributed by atoms with Crippen LogP contribution in [0.15, 0.2) is 36.4 Å². The Kier molecular flexibility index (Phi) is 7.27. The number of nitrogens with zero attached hydrogens (tertiary/aromatic N) is 1. The Morgan fingerprint density at radius 1 is 1.03 bits per heavy atom. The third-order valence-corrected chi connectivity index (χ3v) is 5.04. The van der Waals surface area contributed by atoms with Gasteiger partial charge in [0.15, 0.2) is 6.61 Å². The summed E-state index contributed by atoms with van der Waals surface area (Å²) in [6.07, 6.45) is 0.503. The molecule has 0 bridgehead atoms. The highest BCUT2D eigenvalue weighted by molar-refractivity contribution is 6.35. The van der Waals surface area contributed by atoms with Crippen LogP contribution in [-0.4, -0.2) is 55.5 Å². The molecule has 0 fully saturated rings. The van der Waals surface area contributed by atoms with Gasteiger partial charge >= 0.3 is 5.97 Å². The van der Waals surface area contributed by atoms with Gasteiger partial charge in [-0.1, -0.05) is 23.2 Å². The number of anilines is 1. The number of carbonyl (C=O) groups excluding carboxylic acids is 4. The second-order valence-electron chi connectivity index (χ2n) is 6.62. The van der Waals surface area contributed by atoms with Crippen LogP contribution in [0.4, 0.5) is 5.69 Å². The minimum absolute atomic E-state index is 0.0484. The fraction of sp³-hybridized carbons (Fsp3) is 0.238. The molecule has 0 aromatic heterocycles. The van der Waals surface area contributed by atoms with Crippen molar-refractivity contribution in [3.63, 3.8) is 0 Å². The predicted molar refractivity (Wildman–Crippen MR) is 114 cm³/mol. The average molecular weight is 465 g/mol. The Morgan fingerprint density at radius 3 is 2.52 bits per heavy atom. The van der Waals surface area contributed by atoms with Crippen LogP contribution in [0.1, 0.15) is 37.5 Å². The topological polar surface area (TPSA) is 102 Å². The molecule has 10 heteroatoms. The third kappa shape index (κ3) is 5.22. The average Bonchev–Trinajstić information content (AvgIpc) is 2.99. The highest BCUT2D eigenvalue weighted by Gasteiger charge is 2.35. The molecule has 1 heterocycles. The van der Waals surface area contributed by atoms with Crippen LogP contribution in [0, 0.1) is 0 Å². The summed E-state index contributed by atoms with van der Waals surface area (Å²) in [7, 11) is 1.53. The molecule has 0 radical (unpaired) electrons. The Morgan fingerprint density at radius 2 is 1.77 bits per heavy atom. The summed E-state index contributed by atoms with van der Waals surface area (Å²) >= 11 is 11.8. The van der Waals surface area contributed by atoms with Crippen molar-refractivity contribution in [2.45, 2.75) is 6.42 Å². The number of esters is 1. The molecular weight excluding hydrogens is 447 g/mol. The molecule has 0 spiro atoms. The van der Waals surface area contributed by atoms with Crippen molar-refractivity contribution in [2.75, 3.05) is 32.2 Å². The maximum absolute atomic E-state index is 12.5. The van der Waals surface area contributed by atoms with Gasteiger partial charge in [-0.15, -0.1) is 0 Å². The van der Waals surface area contributed by atoms with Gasteiger partial charge in [0, 0.05) is 25.3 Å². The minimum Gasteiger partial charge on any atom is -0.452 e. The van der Waals surface area contributed by atoms with Crippen molar-refractivity contribution in [1.29, 1.82) is 0 Å². The summed E-state index contributed by atoms with van der Waals surface area (Å²) in [6.45, 7) is 0.0500. The highest BCUT2D eigenvalue weighted by Crippen LogP contribution is 2.26. The molecule has 1 N–H and O–H groups in total. The molecule has 8 nitrogen and oxygen atoms in total. The van der Waals surface area contributed by atoms with E-state index in [0.717, 1.165) is 4.90 Å². The summed E-state index contributed by atoms with van der Waals surface area (Å²) in [5.74, 6) is -2.34. The molecule has 0 unspecified atom stereocenters. The second-order valence-corrected chi connectivity index (χ2v) is 7.46. The van der Waals surface area contributed by atoms with Crippen molar-refractivity contribution >= 4 is 52.6 Å². The van der Waals surface area contributed by atoms with Gasteiger partial charge in [-0.3, -0.25) is 19.3 Å². The number of imide groups is 1. The monoisotopic (exact) mass is 464 g/mol. The largest absolute Gasteiger partial charge is 0.452 e. The summed E-state index contributed by atoms with van der Waals surface area (Å²) in [5, 5.41) is 3.15. The molecule has 3 amide bonds. The number of hydrogen-bond donors (Lipinski definition) is 1. The minimum atomic E-state index is -0.812. The third-order valence-electron chi connectivity index (χ3n) is 4.47. The van der Waals surface area contributed by atoms with Crippen LogP contribution >= 0.6 is 23.2 Å². The van der Waals surface area contributed by atoms with E-state index in [9.17, 15) is 19.2 Å². The molecule has 0 atom stereocenters. The fourth-order valence-electron chi connectivity index (χ4n) is 2.98. The van der Waals surface area contributed by atoms with E-state index in [1.54, 1.807) is 6.07 Å². The lowest BCUT2D eigenvalue weighted by Crippen LogP contribution is -2.31. The molecule has 162 valence electrons. The maximum atomic E-state index is 12.5. The molecule has 2 aromatic rings. The quantitative estimate of drug-likeness (QED) is 0.364. The van der Waals surface area contributed by atoms with E-state index in [4.69, 9.17) is 32.7 Å². The van der Waals surface area contributed by atoms with Gasteiger partial charge in [-0.25, -0.2) is 4.79 Å². The second kappa shape index (κ2) is 9.91. The van der Waals surface area contributed by atoms with Gasteiger partial charge in [-0.05, 0) is 42.8 Å². The van der Waals surface area contributed by atoms with E-state index < -0.39 is 30.3 Å². The molecule has 1 aliphatic heterocycles. The molecular formula is C21H18Cl2N2O6. The first-order chi connectivity index (χ1) is 14.8. The van der Waals surface area contributed by atoms with Crippen molar-refractivity contribution in [3.8, 4) is 0 Å². The summed E-state index contributed by atoms with van der Waals surface area (Å²) in [6, 6.07) is 8.61. The van der Waals surface area contributed by atoms with E-state index in [1.807, 2.05) is 0 Å². The van der Waals surface area contributed by atoms with Gasteiger partial charge in [0.2, 0.25) is 0 Å². The van der Waals surface area contributed by atoms with Crippen LogP contribution < -0.4 is 5.32 Å². The van der Waals surface area contributed by atoms with Crippen LogP contribution in [0.2, 0.25) is 10.0 Å². The number of fused-ring (bicyclic) bond motifs is 1. The number of rotatable bonds is 8. The van der Waals surface area contributed by atoms with Gasteiger partial charge in [0.25, 0.3) is 17.7 Å². The normalized spacial score (nSPS) is 12.7. The Balaban J connectivity index is 1.62. The SMILES string of the molecule is COCCCN1C(=O)c2ccc(C(=O)OCC(=O)Nc3cc(Cl)ccc3Cl)cc2C1=O. The van der Waals surface area contributed by atoms with Crippen LogP contribution in [-0.2, 0) is 14.3 Å². The predicted octanol–water partition coefficient (Wildman–Crippen LogP) is 3.42. The molecule has 0 saturated heterocycles. The summed E-state index contributed by atoms with van der Waals surface area (Å²) < 4.78 is 9.95. The molecule has 0 aliphatic carbocycles. The fourth-order valence-corrected chi connectivity index (χ4v) is 3.32. The molecule has 2 aromatic carbocycles. The first-order valence-corrected chi connectivity index (χ1v) is 9.98. The lowest BCUT2D eigenvalue weighted by molar-refractivity contribution is -0.119. The zero-order valence-electron chi connectivity index (χ0n) is 16.4. The molecule has 3 rings (SSSR count). The first-order valence-electron chi connectivity index (χ1n) is 9.23. The van der Waals surface area contributed by atoms with E-state index in [2.05, 4.69) is 5.32 Å². The number of carbonyl (C=O) groups is 4. The van der Waals surface area contributed by atoms with Gasteiger partial charge < -0.3 is 14.8 Å². The van der Waals surface area contributed by atoms with Crippen LogP contribution in [0.3, 0.4) is 0 Å². The van der Waals surface area contributed by atoms with Crippen molar-refractivity contribution < 1.29 is 28.7 Å². The number of halogens is 2. The first kappa shape index (κ1) is 22.7. The standard InChI is InChI=1S/C21H18Cl2N2O6/c1-30-8-2-7-25-19(27)14-5-3-12(9-15(14)20(25)28)21(29)31-11-18(26)24-17-10-13(22)4-6-16(17)23/h3-6,9-10H,2,7-8,11H2,1H3,(H,24,26). The van der Waals surface area contributed by atoms with E-state index in [0.29, 0.717) is 18.1 Å². The number of nitrogens with one attached hydrogen (secondary N) is 1. The van der Waals surface area contributed by atoms with Crippen molar-refractivity contribution in [3.05, 3.63) is 63.1 Å². The molecule has 31 heavy (non-hydrogen) atoms. The number of benzene rings is 2. The van der Waals surface area contributed by atoms with Gasteiger partial charge in [0.05, 0.1) is 27.4 Å². The lowest BCUT2D eigenvalue weighted by Gasteiger charge is -2.12. The zero-order chi connectivity index (χ0) is 22.5. The maximum Gasteiger partial charge on any atom is 0.338 e. The Bertz CT molecular complexity index is 1060. The van der Waals surface area contributed by atoms with Crippen LogP contribution in [0.25, 0.3) is 0 Å². The van der Waals surface area contributed by atoms with Gasteiger partial charge in [-0.2, -0.15) is 0 Å². The number of methoxy groups -OCH3 is 1. The Hall–Kier alpha value is -2.94. The van der Waals surface area contributed by atoms with Crippen molar-refractivity contribution in [2.24, 2.45) is 0 Å². The molecule has 0 saturated carbocycles. The van der Waals surface area contributed by atoms with Gasteiger partial charge in [0.1, 0.15) is 0 Å². The number of hydrogen-bond acceptors (Lipinski definition) is 6.